The van der Waals surface area contributed by atoms with Crippen LogP contribution in [0.2, 0.25) is 0 Å². The van der Waals surface area contributed by atoms with Crippen LogP contribution in [0.1, 0.15) is 5.56 Å². The lowest BCUT2D eigenvalue weighted by Gasteiger charge is -1.80. The van der Waals surface area contributed by atoms with E-state index in [0.717, 1.165) is 0 Å². The zero-order valence-electron chi connectivity index (χ0n) is 5.13. The molecule has 0 aliphatic heterocycles. The Kier molecular flexibility index (Phi) is 1.16. The third kappa shape index (κ3) is 0.868. The Morgan fingerprint density at radius 2 is 2.33 bits per heavy atom. The molecule has 3 heteroatoms. The number of nitriles is 1. The summed E-state index contributed by atoms with van der Waals surface area (Å²) in [5.74, 6) is 0. The summed E-state index contributed by atoms with van der Waals surface area (Å²) in [6.45, 7) is 0. The van der Waals surface area contributed by atoms with Crippen molar-refractivity contribution in [1.82, 2.24) is 4.57 Å². The van der Waals surface area contributed by atoms with Gasteiger partial charge < -0.3 is 10.3 Å². The fraction of sp³-hybridized carbons (Fsp3) is 0.167. The van der Waals surface area contributed by atoms with E-state index in [9.17, 15) is 0 Å². The summed E-state index contributed by atoms with van der Waals surface area (Å²) in [7, 11) is 1.83. The van der Waals surface area contributed by atoms with Crippen molar-refractivity contribution >= 4 is 5.69 Å². The number of nitrogens with zero attached hydrogens (tertiary/aromatic N) is 2. The lowest BCUT2D eigenvalue weighted by atomic mass is 10.3. The molecule has 46 valence electrons. The Morgan fingerprint density at radius 3 is 2.56 bits per heavy atom. The van der Waals surface area contributed by atoms with E-state index in [0.29, 0.717) is 11.3 Å². The van der Waals surface area contributed by atoms with Crippen molar-refractivity contribution in [2.24, 2.45) is 7.05 Å². The highest BCUT2D eigenvalue weighted by Gasteiger charge is 1.97. The standard InChI is InChI=1S/C6H7N3/c1-9-3-5(2-7)6(8)4-9/h3-4H,8H2,1H3. The highest BCUT2D eigenvalue weighted by atomic mass is 14.9. The summed E-state index contributed by atoms with van der Waals surface area (Å²) in [6, 6.07) is 1.97. The predicted octanol–water partition coefficient (Wildman–Crippen LogP) is 0.479. The smallest absolute Gasteiger partial charge is 0.103 e. The average molecular weight is 121 g/mol. The molecule has 0 bridgehead atoms. The molecule has 0 aliphatic carbocycles. The van der Waals surface area contributed by atoms with Crippen molar-refractivity contribution in [2.45, 2.75) is 0 Å². The highest BCUT2D eigenvalue weighted by molar-refractivity contribution is 5.52. The summed E-state index contributed by atoms with van der Waals surface area (Å²) in [4.78, 5) is 0. The molecule has 1 rings (SSSR count). The van der Waals surface area contributed by atoms with E-state index >= 15 is 0 Å². The number of aryl methyl sites for hydroxylation is 1. The molecule has 0 unspecified atom stereocenters. The van der Waals surface area contributed by atoms with Gasteiger partial charge in [0.1, 0.15) is 6.07 Å². The van der Waals surface area contributed by atoms with E-state index in [1.807, 2.05) is 13.1 Å². The summed E-state index contributed by atoms with van der Waals surface area (Å²) in [6.07, 6.45) is 3.40. The highest BCUT2D eigenvalue weighted by Crippen LogP contribution is 2.08. The van der Waals surface area contributed by atoms with Crippen molar-refractivity contribution in [3.8, 4) is 6.07 Å². The van der Waals surface area contributed by atoms with Gasteiger partial charge in [-0.3, -0.25) is 0 Å². The van der Waals surface area contributed by atoms with Crippen LogP contribution in [0.25, 0.3) is 0 Å². The van der Waals surface area contributed by atoms with Gasteiger partial charge in [0.15, 0.2) is 0 Å². The second kappa shape index (κ2) is 1.82. The topological polar surface area (TPSA) is 54.7 Å². The van der Waals surface area contributed by atoms with Crippen LogP contribution in [-0.4, -0.2) is 4.57 Å². The van der Waals surface area contributed by atoms with Gasteiger partial charge in [0.25, 0.3) is 0 Å². The molecule has 0 aromatic carbocycles. The Hall–Kier alpha value is -1.43. The van der Waals surface area contributed by atoms with Gasteiger partial charge in [-0.2, -0.15) is 5.26 Å². The van der Waals surface area contributed by atoms with Crippen molar-refractivity contribution < 1.29 is 0 Å². The summed E-state index contributed by atoms with van der Waals surface area (Å²) in [5.41, 5.74) is 6.49. The minimum absolute atomic E-state index is 0.539. The van der Waals surface area contributed by atoms with Gasteiger partial charge in [-0.1, -0.05) is 0 Å². The Balaban J connectivity index is 3.20. The van der Waals surface area contributed by atoms with Crippen LogP contribution in [0.5, 0.6) is 0 Å². The maximum absolute atomic E-state index is 8.39. The van der Waals surface area contributed by atoms with Crippen LogP contribution in [-0.2, 0) is 7.05 Å². The molecule has 0 spiro atoms. The SMILES string of the molecule is Cn1cc(N)c(C#N)c1. The monoisotopic (exact) mass is 121 g/mol. The first-order valence-electron chi connectivity index (χ1n) is 2.55. The molecule has 0 fully saturated rings. The molecular weight excluding hydrogens is 114 g/mol. The maximum Gasteiger partial charge on any atom is 0.103 e. The lowest BCUT2D eigenvalue weighted by Crippen LogP contribution is -1.82. The molecule has 3 nitrogen and oxygen atoms in total. The summed E-state index contributed by atoms with van der Waals surface area (Å²) < 4.78 is 1.76. The molecule has 0 atom stereocenters. The van der Waals surface area contributed by atoms with Crippen molar-refractivity contribution in [1.29, 1.82) is 5.26 Å². The zero-order chi connectivity index (χ0) is 6.85. The van der Waals surface area contributed by atoms with Crippen LogP contribution in [0.4, 0.5) is 5.69 Å². The third-order valence-electron chi connectivity index (χ3n) is 1.11. The first-order valence-corrected chi connectivity index (χ1v) is 2.55. The van der Waals surface area contributed by atoms with Crippen LogP contribution in [0, 0.1) is 11.3 Å². The number of aromatic nitrogens is 1. The minimum Gasteiger partial charge on any atom is -0.396 e. The summed E-state index contributed by atoms with van der Waals surface area (Å²) >= 11 is 0. The van der Waals surface area contributed by atoms with Gasteiger partial charge in [0, 0.05) is 19.4 Å². The fourth-order valence-electron chi connectivity index (χ4n) is 0.698. The quantitative estimate of drug-likeness (QED) is 0.542. The lowest BCUT2D eigenvalue weighted by molar-refractivity contribution is 0.927. The van der Waals surface area contributed by atoms with Gasteiger partial charge in [-0.05, 0) is 0 Å². The van der Waals surface area contributed by atoms with Crippen molar-refractivity contribution in [3.63, 3.8) is 0 Å². The second-order valence-corrected chi connectivity index (χ2v) is 1.90. The minimum atomic E-state index is 0.539. The van der Waals surface area contributed by atoms with Gasteiger partial charge in [0.05, 0.1) is 11.3 Å². The largest absolute Gasteiger partial charge is 0.396 e. The Bertz CT molecular complexity index is 254. The molecule has 0 aliphatic rings. The van der Waals surface area contributed by atoms with Crippen LogP contribution in [0.15, 0.2) is 12.4 Å². The van der Waals surface area contributed by atoms with Gasteiger partial charge >= 0.3 is 0 Å². The molecule has 0 saturated heterocycles. The molecule has 0 amide bonds. The molecule has 0 radical (unpaired) electrons. The number of nitrogen functional groups attached to an aromatic ring is 1. The number of anilines is 1. The number of rotatable bonds is 0. The Morgan fingerprint density at radius 1 is 1.67 bits per heavy atom. The molecule has 2 N–H and O–H groups in total. The molecule has 1 aromatic heterocycles. The zero-order valence-corrected chi connectivity index (χ0v) is 5.13. The first-order chi connectivity index (χ1) is 4.24. The van der Waals surface area contributed by atoms with Crippen LogP contribution >= 0.6 is 0 Å². The molecule has 0 saturated carbocycles. The van der Waals surface area contributed by atoms with Crippen LogP contribution in [0.3, 0.4) is 0 Å². The number of hydrogen-bond donors (Lipinski definition) is 1. The third-order valence-corrected chi connectivity index (χ3v) is 1.11. The first kappa shape index (κ1) is 5.70. The van der Waals surface area contributed by atoms with E-state index < -0.39 is 0 Å². The molecular formula is C6H7N3. The summed E-state index contributed by atoms with van der Waals surface area (Å²) in [5, 5.41) is 8.39. The molecule has 1 aromatic rings. The van der Waals surface area contributed by atoms with Gasteiger partial charge in [0.2, 0.25) is 0 Å². The predicted molar refractivity (Wildman–Crippen MR) is 34.5 cm³/mol. The number of nitrogens with two attached hydrogens (primary N) is 1. The van der Waals surface area contributed by atoms with Gasteiger partial charge in [-0.15, -0.1) is 0 Å². The van der Waals surface area contributed by atoms with E-state index in [-0.39, 0.29) is 0 Å². The van der Waals surface area contributed by atoms with Crippen LogP contribution < -0.4 is 5.73 Å². The molecule has 1 heterocycles. The Labute approximate surface area is 53.3 Å². The average Bonchev–Trinajstić information content (AvgIpc) is 2.10. The van der Waals surface area contributed by atoms with Crippen molar-refractivity contribution in [3.05, 3.63) is 18.0 Å². The molecule has 9 heavy (non-hydrogen) atoms. The van der Waals surface area contributed by atoms with E-state index in [2.05, 4.69) is 0 Å². The van der Waals surface area contributed by atoms with E-state index in [4.69, 9.17) is 11.0 Å². The second-order valence-electron chi connectivity index (χ2n) is 1.90. The van der Waals surface area contributed by atoms with Crippen molar-refractivity contribution in [2.75, 3.05) is 5.73 Å². The maximum atomic E-state index is 8.39. The van der Waals surface area contributed by atoms with Gasteiger partial charge in [-0.25, -0.2) is 0 Å². The number of hydrogen-bond acceptors (Lipinski definition) is 2. The fourth-order valence-corrected chi connectivity index (χ4v) is 0.698. The normalized spacial score (nSPS) is 8.89. The van der Waals surface area contributed by atoms with E-state index in [1.165, 1.54) is 0 Å². The van der Waals surface area contributed by atoms with E-state index in [1.54, 1.807) is 17.0 Å².